The molecule has 2 aromatic rings. The molecular formula is C19H16ClNO3S. The number of rotatable bonds is 5. The lowest BCUT2D eigenvalue weighted by molar-refractivity contribution is -0.122. The van der Waals surface area contributed by atoms with Crippen molar-refractivity contribution in [3.8, 4) is 5.75 Å². The zero-order valence-electron chi connectivity index (χ0n) is 13.6. The average Bonchev–Trinajstić information content (AvgIpc) is 2.88. The maximum absolute atomic E-state index is 12.1. The van der Waals surface area contributed by atoms with E-state index >= 15 is 0 Å². The molecule has 0 radical (unpaired) electrons. The highest BCUT2D eigenvalue weighted by Gasteiger charge is 2.33. The van der Waals surface area contributed by atoms with Gasteiger partial charge in [0.05, 0.1) is 4.91 Å². The molecular weight excluding hydrogens is 358 g/mol. The minimum absolute atomic E-state index is 0.228. The van der Waals surface area contributed by atoms with E-state index in [0.29, 0.717) is 28.8 Å². The summed E-state index contributed by atoms with van der Waals surface area (Å²) < 4.78 is 5.79. The monoisotopic (exact) mass is 373 g/mol. The van der Waals surface area contributed by atoms with Crippen LogP contribution in [0.1, 0.15) is 18.1 Å². The minimum atomic E-state index is -0.245. The lowest BCUT2D eigenvalue weighted by Gasteiger charge is -2.08. The highest BCUT2D eigenvalue weighted by atomic mass is 35.5. The first-order chi connectivity index (χ1) is 12.1. The Morgan fingerprint density at radius 3 is 2.60 bits per heavy atom. The highest BCUT2D eigenvalue weighted by molar-refractivity contribution is 8.18. The third-order valence-corrected chi connectivity index (χ3v) is 4.82. The minimum Gasteiger partial charge on any atom is -0.489 e. The predicted molar refractivity (Wildman–Crippen MR) is 101 cm³/mol. The van der Waals surface area contributed by atoms with Crippen molar-refractivity contribution in [3.05, 3.63) is 69.6 Å². The number of nitrogens with zero attached hydrogens (tertiary/aromatic N) is 1. The van der Waals surface area contributed by atoms with E-state index in [1.165, 1.54) is 4.90 Å². The van der Waals surface area contributed by atoms with Crippen molar-refractivity contribution in [3.63, 3.8) is 0 Å². The molecule has 0 N–H and O–H groups in total. The first kappa shape index (κ1) is 17.6. The molecule has 1 aliphatic heterocycles. The van der Waals surface area contributed by atoms with E-state index in [1.54, 1.807) is 13.0 Å². The summed E-state index contributed by atoms with van der Waals surface area (Å²) in [5.41, 5.74) is 1.83. The Hall–Kier alpha value is -2.24. The van der Waals surface area contributed by atoms with E-state index < -0.39 is 0 Å². The van der Waals surface area contributed by atoms with E-state index in [4.69, 9.17) is 16.3 Å². The lowest BCUT2D eigenvalue weighted by Crippen LogP contribution is -2.27. The van der Waals surface area contributed by atoms with E-state index in [-0.39, 0.29) is 11.1 Å². The SMILES string of the molecule is CCN1C(=O)S/C(=C\c2cccc(OCc3ccc(Cl)cc3)c2)C1=O. The van der Waals surface area contributed by atoms with Crippen LogP contribution in [0.15, 0.2) is 53.4 Å². The topological polar surface area (TPSA) is 46.6 Å². The third-order valence-electron chi connectivity index (χ3n) is 3.66. The van der Waals surface area contributed by atoms with Crippen LogP contribution < -0.4 is 4.74 Å². The van der Waals surface area contributed by atoms with Gasteiger partial charge >= 0.3 is 0 Å². The number of imide groups is 1. The molecule has 0 aliphatic carbocycles. The second kappa shape index (κ2) is 7.76. The second-order valence-corrected chi connectivity index (χ2v) is 6.84. The molecule has 128 valence electrons. The molecule has 3 rings (SSSR count). The molecule has 0 atom stereocenters. The van der Waals surface area contributed by atoms with Gasteiger partial charge in [-0.25, -0.2) is 0 Å². The van der Waals surface area contributed by atoms with Gasteiger partial charge in [0.25, 0.3) is 11.1 Å². The lowest BCUT2D eigenvalue weighted by atomic mass is 10.2. The Morgan fingerprint density at radius 1 is 1.16 bits per heavy atom. The summed E-state index contributed by atoms with van der Waals surface area (Å²) in [6, 6.07) is 14.9. The summed E-state index contributed by atoms with van der Waals surface area (Å²) in [4.78, 5) is 25.6. The largest absolute Gasteiger partial charge is 0.489 e. The van der Waals surface area contributed by atoms with Crippen molar-refractivity contribution in [1.29, 1.82) is 0 Å². The third kappa shape index (κ3) is 4.24. The molecule has 4 nitrogen and oxygen atoms in total. The summed E-state index contributed by atoms with van der Waals surface area (Å²) in [6.45, 7) is 2.59. The summed E-state index contributed by atoms with van der Waals surface area (Å²) in [5.74, 6) is 0.448. The average molecular weight is 374 g/mol. The normalized spacial score (nSPS) is 15.9. The van der Waals surface area contributed by atoms with Gasteiger partial charge in [-0.15, -0.1) is 0 Å². The van der Waals surface area contributed by atoms with Gasteiger partial charge in [-0.05, 0) is 60.2 Å². The van der Waals surface area contributed by atoms with Gasteiger partial charge in [0.2, 0.25) is 0 Å². The van der Waals surface area contributed by atoms with Gasteiger partial charge in [-0.2, -0.15) is 0 Å². The van der Waals surface area contributed by atoms with Crippen molar-refractivity contribution in [2.45, 2.75) is 13.5 Å². The maximum Gasteiger partial charge on any atom is 0.293 e. The molecule has 0 saturated carbocycles. The summed E-state index contributed by atoms with van der Waals surface area (Å²) >= 11 is 6.83. The van der Waals surface area contributed by atoms with Crippen LogP contribution in [-0.2, 0) is 11.4 Å². The predicted octanol–water partition coefficient (Wildman–Crippen LogP) is 4.98. The van der Waals surface area contributed by atoms with Crippen LogP contribution in [0, 0.1) is 0 Å². The van der Waals surface area contributed by atoms with Crippen LogP contribution >= 0.6 is 23.4 Å². The van der Waals surface area contributed by atoms with Crippen LogP contribution in [-0.4, -0.2) is 22.6 Å². The summed E-state index contributed by atoms with van der Waals surface area (Å²) in [6.07, 6.45) is 1.72. The second-order valence-electron chi connectivity index (χ2n) is 5.41. The Morgan fingerprint density at radius 2 is 1.92 bits per heavy atom. The molecule has 0 unspecified atom stereocenters. The molecule has 6 heteroatoms. The van der Waals surface area contributed by atoms with Gasteiger partial charge in [0, 0.05) is 11.6 Å². The molecule has 0 aromatic heterocycles. The van der Waals surface area contributed by atoms with Gasteiger partial charge < -0.3 is 4.74 Å². The number of ether oxygens (including phenoxy) is 1. The quantitative estimate of drug-likeness (QED) is 0.694. The van der Waals surface area contributed by atoms with Crippen LogP contribution in [0.4, 0.5) is 4.79 Å². The Balaban J connectivity index is 1.71. The smallest absolute Gasteiger partial charge is 0.293 e. The van der Waals surface area contributed by atoms with E-state index in [1.807, 2.05) is 48.5 Å². The van der Waals surface area contributed by atoms with E-state index in [9.17, 15) is 9.59 Å². The molecule has 2 amide bonds. The number of carbonyl (C=O) groups is 2. The summed E-state index contributed by atoms with van der Waals surface area (Å²) in [5, 5.41) is 0.459. The number of carbonyl (C=O) groups excluding carboxylic acids is 2. The molecule has 1 heterocycles. The number of likely N-dealkylation sites (N-methyl/N-ethyl adjacent to an activating group) is 1. The molecule has 1 saturated heterocycles. The van der Waals surface area contributed by atoms with Crippen LogP contribution in [0.25, 0.3) is 6.08 Å². The van der Waals surface area contributed by atoms with Crippen molar-refractivity contribution in [2.24, 2.45) is 0 Å². The number of hydrogen-bond donors (Lipinski definition) is 0. The number of benzene rings is 2. The first-order valence-corrected chi connectivity index (χ1v) is 8.99. The fourth-order valence-corrected chi connectivity index (χ4v) is 3.39. The zero-order chi connectivity index (χ0) is 17.8. The maximum atomic E-state index is 12.1. The summed E-state index contributed by atoms with van der Waals surface area (Å²) in [7, 11) is 0. The Kier molecular flexibility index (Phi) is 5.46. The van der Waals surface area contributed by atoms with Crippen molar-refractivity contribution >= 4 is 40.6 Å². The van der Waals surface area contributed by atoms with Gasteiger partial charge in [-0.3, -0.25) is 14.5 Å². The van der Waals surface area contributed by atoms with E-state index in [2.05, 4.69) is 0 Å². The number of amides is 2. The van der Waals surface area contributed by atoms with Crippen LogP contribution in [0.2, 0.25) is 5.02 Å². The van der Waals surface area contributed by atoms with Crippen molar-refractivity contribution < 1.29 is 14.3 Å². The zero-order valence-corrected chi connectivity index (χ0v) is 15.1. The standard InChI is InChI=1S/C19H16ClNO3S/c1-2-21-18(22)17(25-19(21)23)11-14-4-3-5-16(10-14)24-12-13-6-8-15(20)9-7-13/h3-11H,2,12H2,1H3/b17-11-. The first-order valence-electron chi connectivity index (χ1n) is 7.79. The van der Waals surface area contributed by atoms with Crippen molar-refractivity contribution in [1.82, 2.24) is 4.90 Å². The molecule has 1 fully saturated rings. The molecule has 25 heavy (non-hydrogen) atoms. The Labute approximate surface area is 155 Å². The molecule has 0 spiro atoms. The Bertz CT molecular complexity index is 833. The fraction of sp³-hybridized carbons (Fsp3) is 0.158. The van der Waals surface area contributed by atoms with Gasteiger partial charge in [0.15, 0.2) is 0 Å². The van der Waals surface area contributed by atoms with Gasteiger partial charge in [0.1, 0.15) is 12.4 Å². The van der Waals surface area contributed by atoms with Crippen molar-refractivity contribution in [2.75, 3.05) is 6.54 Å². The fourth-order valence-electron chi connectivity index (χ4n) is 2.37. The molecule has 0 bridgehead atoms. The number of halogens is 1. The van der Waals surface area contributed by atoms with E-state index in [0.717, 1.165) is 22.9 Å². The molecule has 1 aliphatic rings. The highest BCUT2D eigenvalue weighted by Crippen LogP contribution is 2.32. The number of hydrogen-bond acceptors (Lipinski definition) is 4. The van der Waals surface area contributed by atoms with Crippen LogP contribution in [0.3, 0.4) is 0 Å². The molecule has 2 aromatic carbocycles. The number of thioether (sulfide) groups is 1. The van der Waals surface area contributed by atoms with Crippen LogP contribution in [0.5, 0.6) is 5.75 Å². The van der Waals surface area contributed by atoms with Gasteiger partial charge in [-0.1, -0.05) is 35.9 Å².